The summed E-state index contributed by atoms with van der Waals surface area (Å²) in [5, 5.41) is 10.9. The molecule has 1 N–H and O–H groups in total. The van der Waals surface area contributed by atoms with Crippen molar-refractivity contribution < 1.29 is 10.0 Å². The number of hydrogen-bond donors (Lipinski definition) is 1. The summed E-state index contributed by atoms with van der Waals surface area (Å²) in [7, 11) is 0. The predicted octanol–water partition coefficient (Wildman–Crippen LogP) is 0.570. The normalized spacial score (nSPS) is 25.0. The molecular formula is C5H7NO2. The molecule has 0 aromatic rings. The molecule has 3 nitrogen and oxygen atoms in total. The Hall–Kier alpha value is -0.860. The molecule has 0 aromatic heterocycles. The second kappa shape index (κ2) is 1.94. The van der Waals surface area contributed by atoms with Gasteiger partial charge in [0, 0.05) is 6.42 Å². The van der Waals surface area contributed by atoms with E-state index in [1.54, 1.807) is 0 Å². The molecule has 0 unspecified atom stereocenters. The maximum Gasteiger partial charge on any atom is 0.180 e. The Balaban J connectivity index is 2.69. The second-order valence-corrected chi connectivity index (χ2v) is 1.82. The zero-order valence-electron chi connectivity index (χ0n) is 4.42. The second-order valence-electron chi connectivity index (χ2n) is 1.82. The van der Waals surface area contributed by atoms with Crippen molar-refractivity contribution in [2.24, 2.45) is 5.16 Å². The van der Waals surface area contributed by atoms with Crippen LogP contribution in [0.5, 0.6) is 0 Å². The zero-order chi connectivity index (χ0) is 5.98. The molecule has 1 fully saturated rings. The monoisotopic (exact) mass is 113 g/mol. The van der Waals surface area contributed by atoms with Gasteiger partial charge in [0.25, 0.3) is 0 Å². The van der Waals surface area contributed by atoms with Crippen molar-refractivity contribution in [3.05, 3.63) is 0 Å². The first-order valence-corrected chi connectivity index (χ1v) is 2.58. The van der Waals surface area contributed by atoms with Crippen LogP contribution in [0, 0.1) is 0 Å². The van der Waals surface area contributed by atoms with E-state index in [4.69, 9.17) is 5.21 Å². The summed E-state index contributed by atoms with van der Waals surface area (Å²) in [5.74, 6) is -0.00694. The minimum Gasteiger partial charge on any atom is -0.411 e. The molecule has 0 bridgehead atoms. The molecule has 1 aliphatic rings. The Labute approximate surface area is 47.0 Å². The van der Waals surface area contributed by atoms with E-state index in [1.807, 2.05) is 0 Å². The van der Waals surface area contributed by atoms with Crippen LogP contribution in [-0.2, 0) is 4.79 Å². The summed E-state index contributed by atoms with van der Waals surface area (Å²) in [4.78, 5) is 10.5. The molecule has 0 spiro atoms. The topological polar surface area (TPSA) is 49.7 Å². The number of oxime groups is 1. The summed E-state index contributed by atoms with van der Waals surface area (Å²) in [6.45, 7) is 0. The van der Waals surface area contributed by atoms with Crippen LogP contribution in [-0.4, -0.2) is 16.7 Å². The minimum atomic E-state index is -0.00694. The van der Waals surface area contributed by atoms with Gasteiger partial charge in [0.2, 0.25) is 0 Å². The molecule has 3 heteroatoms. The van der Waals surface area contributed by atoms with E-state index in [2.05, 4.69) is 5.16 Å². The lowest BCUT2D eigenvalue weighted by atomic mass is 10.3. The van der Waals surface area contributed by atoms with Gasteiger partial charge < -0.3 is 5.21 Å². The smallest absolute Gasteiger partial charge is 0.180 e. The van der Waals surface area contributed by atoms with E-state index in [0.29, 0.717) is 18.6 Å². The van der Waals surface area contributed by atoms with Gasteiger partial charge in [-0.15, -0.1) is 0 Å². The van der Waals surface area contributed by atoms with Gasteiger partial charge in [0.15, 0.2) is 5.78 Å². The molecule has 0 saturated heterocycles. The molecule has 0 aromatic carbocycles. The number of Topliss-reactive ketones (excluding diaryl/α,β-unsaturated/α-hetero) is 1. The number of ketones is 1. The third-order valence-electron chi connectivity index (χ3n) is 1.26. The largest absolute Gasteiger partial charge is 0.411 e. The number of carbonyl (C=O) groups excluding carboxylic acids is 1. The lowest BCUT2D eigenvalue weighted by molar-refractivity contribution is -0.112. The van der Waals surface area contributed by atoms with Gasteiger partial charge >= 0.3 is 0 Å². The van der Waals surface area contributed by atoms with Crippen molar-refractivity contribution in [2.75, 3.05) is 0 Å². The molecule has 0 aliphatic heterocycles. The molecule has 0 atom stereocenters. The number of nitrogens with zero attached hydrogens (tertiary/aromatic N) is 1. The van der Waals surface area contributed by atoms with Crippen molar-refractivity contribution in [1.29, 1.82) is 0 Å². The van der Waals surface area contributed by atoms with Crippen molar-refractivity contribution in [2.45, 2.75) is 19.3 Å². The van der Waals surface area contributed by atoms with Crippen LogP contribution >= 0.6 is 0 Å². The van der Waals surface area contributed by atoms with Gasteiger partial charge in [-0.2, -0.15) is 0 Å². The first kappa shape index (κ1) is 5.28. The highest BCUT2D eigenvalue weighted by Gasteiger charge is 2.18. The third kappa shape index (κ3) is 0.710. The van der Waals surface area contributed by atoms with Crippen LogP contribution in [0.15, 0.2) is 5.16 Å². The summed E-state index contributed by atoms with van der Waals surface area (Å²) in [5.41, 5.74) is 0.338. The average Bonchev–Trinajstić information content (AvgIpc) is 2.14. The quantitative estimate of drug-likeness (QED) is 0.369. The molecule has 1 aliphatic carbocycles. The maximum atomic E-state index is 10.5. The van der Waals surface area contributed by atoms with Crippen LogP contribution in [0.3, 0.4) is 0 Å². The zero-order valence-corrected chi connectivity index (χ0v) is 4.42. The lowest BCUT2D eigenvalue weighted by Gasteiger charge is -1.82. The molecule has 0 heterocycles. The molecule has 1 rings (SSSR count). The molecular weight excluding hydrogens is 106 g/mol. The molecule has 8 heavy (non-hydrogen) atoms. The van der Waals surface area contributed by atoms with Gasteiger partial charge in [0.1, 0.15) is 5.71 Å². The fourth-order valence-corrected chi connectivity index (χ4v) is 0.806. The highest BCUT2D eigenvalue weighted by atomic mass is 16.4. The summed E-state index contributed by atoms with van der Waals surface area (Å²) in [6.07, 6.45) is 2.05. The fraction of sp³-hybridized carbons (Fsp3) is 0.600. The molecule has 44 valence electrons. The first-order valence-electron chi connectivity index (χ1n) is 2.58. The van der Waals surface area contributed by atoms with Gasteiger partial charge in [-0.25, -0.2) is 0 Å². The van der Waals surface area contributed by atoms with Crippen molar-refractivity contribution in [3.8, 4) is 0 Å². The van der Waals surface area contributed by atoms with Crippen molar-refractivity contribution >= 4 is 11.5 Å². The van der Waals surface area contributed by atoms with E-state index in [9.17, 15) is 4.79 Å². The first-order chi connectivity index (χ1) is 3.84. The molecule has 0 amide bonds. The van der Waals surface area contributed by atoms with Gasteiger partial charge in [-0.1, -0.05) is 5.16 Å². The van der Waals surface area contributed by atoms with Crippen LogP contribution in [0.4, 0.5) is 0 Å². The Morgan fingerprint density at radius 2 is 2.25 bits per heavy atom. The van der Waals surface area contributed by atoms with E-state index < -0.39 is 0 Å². The van der Waals surface area contributed by atoms with E-state index in [0.717, 1.165) is 6.42 Å². The van der Waals surface area contributed by atoms with E-state index in [-0.39, 0.29) is 5.78 Å². The lowest BCUT2D eigenvalue weighted by Crippen LogP contribution is -2.02. The van der Waals surface area contributed by atoms with Crippen LogP contribution in [0.1, 0.15) is 19.3 Å². The Bertz CT molecular complexity index is 139. The summed E-state index contributed by atoms with van der Waals surface area (Å²) in [6, 6.07) is 0. The number of rotatable bonds is 0. The average molecular weight is 113 g/mol. The number of carbonyl (C=O) groups is 1. The van der Waals surface area contributed by atoms with Crippen LogP contribution in [0.2, 0.25) is 0 Å². The van der Waals surface area contributed by atoms with Crippen LogP contribution in [0.25, 0.3) is 0 Å². The summed E-state index contributed by atoms with van der Waals surface area (Å²) < 4.78 is 0. The molecule has 0 radical (unpaired) electrons. The van der Waals surface area contributed by atoms with Crippen molar-refractivity contribution in [3.63, 3.8) is 0 Å². The maximum absolute atomic E-state index is 10.5. The van der Waals surface area contributed by atoms with E-state index in [1.165, 1.54) is 0 Å². The van der Waals surface area contributed by atoms with E-state index >= 15 is 0 Å². The highest BCUT2D eigenvalue weighted by Crippen LogP contribution is 2.09. The third-order valence-corrected chi connectivity index (χ3v) is 1.26. The van der Waals surface area contributed by atoms with Gasteiger partial charge in [0.05, 0.1) is 0 Å². The summed E-state index contributed by atoms with van der Waals surface area (Å²) >= 11 is 0. The molecule has 1 saturated carbocycles. The fourth-order valence-electron chi connectivity index (χ4n) is 0.806. The van der Waals surface area contributed by atoms with Gasteiger partial charge in [-0.3, -0.25) is 4.79 Å². The minimum absolute atomic E-state index is 0.00694. The Morgan fingerprint density at radius 1 is 1.50 bits per heavy atom. The standard InChI is InChI=1S/C5H7NO2/c7-5-3-1-2-4(5)6-8/h8H,1-3H2/b6-4+. The number of hydrogen-bond acceptors (Lipinski definition) is 3. The predicted molar refractivity (Wildman–Crippen MR) is 28.1 cm³/mol. The SMILES string of the molecule is O=C1CCC/C1=N\O. The van der Waals surface area contributed by atoms with Crippen molar-refractivity contribution in [1.82, 2.24) is 0 Å². The highest BCUT2D eigenvalue weighted by molar-refractivity contribution is 6.41. The Kier molecular flexibility index (Phi) is 1.28. The Morgan fingerprint density at radius 3 is 2.50 bits per heavy atom. The van der Waals surface area contributed by atoms with Gasteiger partial charge in [-0.05, 0) is 12.8 Å². The van der Waals surface area contributed by atoms with Crippen LogP contribution < -0.4 is 0 Å².